The van der Waals surface area contributed by atoms with E-state index in [-0.39, 0.29) is 11.4 Å². The molecule has 0 saturated heterocycles. The number of aromatic nitrogens is 3. The molecule has 0 saturated carbocycles. The number of hydrogen-bond acceptors (Lipinski definition) is 5. The lowest BCUT2D eigenvalue weighted by Crippen LogP contribution is -2.24. The van der Waals surface area contributed by atoms with Crippen molar-refractivity contribution >= 4 is 26.3 Å². The largest absolute Gasteiger partial charge is 0.240 e. The van der Waals surface area contributed by atoms with Gasteiger partial charge in [0.15, 0.2) is 0 Å². The predicted octanol–water partition coefficient (Wildman–Crippen LogP) is 2.19. The predicted molar refractivity (Wildman–Crippen MR) is 85.5 cm³/mol. The zero-order valence-corrected chi connectivity index (χ0v) is 14.1. The minimum absolute atomic E-state index is 0.159. The molecule has 6 nitrogen and oxygen atoms in total. The molecule has 2 aromatic heterocycles. The van der Waals surface area contributed by atoms with Gasteiger partial charge in [-0.05, 0) is 38.5 Å². The van der Waals surface area contributed by atoms with Crippen molar-refractivity contribution in [2.75, 3.05) is 0 Å². The maximum absolute atomic E-state index is 12.4. The molecule has 1 N–H and O–H groups in total. The summed E-state index contributed by atoms with van der Waals surface area (Å²) < 4.78 is 29.1. The summed E-state index contributed by atoms with van der Waals surface area (Å²) in [5, 5.41) is 5.25. The lowest BCUT2D eigenvalue weighted by Gasteiger charge is -2.07. The number of aryl methyl sites for hydroxylation is 3. The van der Waals surface area contributed by atoms with Crippen LogP contribution < -0.4 is 4.72 Å². The van der Waals surface area contributed by atoms with Gasteiger partial charge in [0.1, 0.15) is 5.01 Å². The number of nitrogens with one attached hydrogen (secondary N) is 1. The van der Waals surface area contributed by atoms with Gasteiger partial charge in [-0.1, -0.05) is 23.5 Å². The van der Waals surface area contributed by atoms with Crippen LogP contribution in [0.1, 0.15) is 22.0 Å². The summed E-state index contributed by atoms with van der Waals surface area (Å²) in [5.74, 6) is 0. The van der Waals surface area contributed by atoms with Crippen LogP contribution in [0.15, 0.2) is 29.2 Å². The molecule has 0 unspecified atom stereocenters. The topological polar surface area (TPSA) is 76.4 Å². The van der Waals surface area contributed by atoms with Gasteiger partial charge in [-0.2, -0.15) is 5.10 Å². The van der Waals surface area contributed by atoms with Gasteiger partial charge in [0.2, 0.25) is 15.0 Å². The van der Waals surface area contributed by atoms with E-state index in [1.807, 2.05) is 26.8 Å². The van der Waals surface area contributed by atoms with Gasteiger partial charge >= 0.3 is 0 Å². The van der Waals surface area contributed by atoms with Crippen LogP contribution in [0.3, 0.4) is 0 Å². The standard InChI is InChI=1S/C14H16N4O2S2/c1-9-5-4-6-12(7-9)22(19,20)15-8-13-10(2)16-14-18(13)17-11(3)21-14/h4-7,15H,8H2,1-3H3. The molecule has 2 heterocycles. The van der Waals surface area contributed by atoms with Gasteiger partial charge < -0.3 is 0 Å². The van der Waals surface area contributed by atoms with Crippen molar-refractivity contribution in [1.82, 2.24) is 19.3 Å². The third kappa shape index (κ3) is 2.77. The van der Waals surface area contributed by atoms with E-state index >= 15 is 0 Å². The molecule has 8 heteroatoms. The number of sulfonamides is 1. The molecule has 3 rings (SSSR count). The average molecular weight is 336 g/mol. The maximum atomic E-state index is 12.4. The number of imidazole rings is 1. The molecule has 0 atom stereocenters. The Labute approximate surface area is 132 Å². The second-order valence-electron chi connectivity index (χ2n) is 5.10. The van der Waals surface area contributed by atoms with Crippen molar-refractivity contribution < 1.29 is 8.42 Å². The van der Waals surface area contributed by atoms with Crippen molar-refractivity contribution in [3.8, 4) is 0 Å². The van der Waals surface area contributed by atoms with Crippen LogP contribution in [0, 0.1) is 20.8 Å². The Bertz CT molecular complexity index is 941. The molecule has 0 aliphatic carbocycles. The molecule has 22 heavy (non-hydrogen) atoms. The second-order valence-corrected chi connectivity index (χ2v) is 8.03. The normalized spacial score (nSPS) is 12.1. The number of fused-ring (bicyclic) bond motifs is 1. The van der Waals surface area contributed by atoms with Gasteiger partial charge in [0.25, 0.3) is 0 Å². The number of hydrogen-bond donors (Lipinski definition) is 1. The monoisotopic (exact) mass is 336 g/mol. The van der Waals surface area contributed by atoms with Crippen LogP contribution in [-0.2, 0) is 16.6 Å². The highest BCUT2D eigenvalue weighted by molar-refractivity contribution is 7.89. The molecule has 1 aromatic carbocycles. The summed E-state index contributed by atoms with van der Waals surface area (Å²) in [6.07, 6.45) is 0. The SMILES string of the molecule is Cc1cccc(S(=O)(=O)NCc2c(C)nc3sc(C)nn23)c1. The van der Waals surface area contributed by atoms with Crippen molar-refractivity contribution in [1.29, 1.82) is 0 Å². The van der Waals surface area contributed by atoms with Gasteiger partial charge in [0, 0.05) is 0 Å². The fourth-order valence-corrected chi connectivity index (χ4v) is 4.12. The van der Waals surface area contributed by atoms with E-state index in [2.05, 4.69) is 14.8 Å². The number of rotatable bonds is 4. The van der Waals surface area contributed by atoms with Gasteiger partial charge in [0.05, 0.1) is 22.8 Å². The molecular formula is C14H16N4O2S2. The highest BCUT2D eigenvalue weighted by Crippen LogP contribution is 2.18. The second kappa shape index (κ2) is 5.45. The lowest BCUT2D eigenvalue weighted by atomic mass is 10.2. The molecule has 3 aromatic rings. The molecule has 0 aliphatic heterocycles. The Morgan fingerprint density at radius 1 is 1.27 bits per heavy atom. The smallest absolute Gasteiger partial charge is 0.223 e. The van der Waals surface area contributed by atoms with Crippen LogP contribution in [-0.4, -0.2) is 23.0 Å². The van der Waals surface area contributed by atoms with Crippen molar-refractivity contribution in [3.63, 3.8) is 0 Å². The molecular weight excluding hydrogens is 320 g/mol. The summed E-state index contributed by atoms with van der Waals surface area (Å²) >= 11 is 1.48. The Kier molecular flexibility index (Phi) is 3.75. The third-order valence-electron chi connectivity index (χ3n) is 3.33. The van der Waals surface area contributed by atoms with E-state index in [0.29, 0.717) is 0 Å². The average Bonchev–Trinajstić information content (AvgIpc) is 2.92. The first-order valence-corrected chi connectivity index (χ1v) is 9.05. The molecule has 0 radical (unpaired) electrons. The summed E-state index contributed by atoms with van der Waals surface area (Å²) in [4.78, 5) is 5.45. The first-order chi connectivity index (χ1) is 10.4. The van der Waals surface area contributed by atoms with E-state index in [0.717, 1.165) is 26.9 Å². The van der Waals surface area contributed by atoms with Crippen LogP contribution in [0.4, 0.5) is 0 Å². The van der Waals surface area contributed by atoms with E-state index in [4.69, 9.17) is 0 Å². The third-order valence-corrected chi connectivity index (χ3v) is 5.55. The van der Waals surface area contributed by atoms with Crippen molar-refractivity contribution in [2.45, 2.75) is 32.2 Å². The van der Waals surface area contributed by atoms with Crippen LogP contribution in [0.5, 0.6) is 0 Å². The summed E-state index contributed by atoms with van der Waals surface area (Å²) in [7, 11) is -3.55. The quantitative estimate of drug-likeness (QED) is 0.792. The summed E-state index contributed by atoms with van der Waals surface area (Å²) in [5.41, 5.74) is 2.45. The Morgan fingerprint density at radius 2 is 2.05 bits per heavy atom. The fraction of sp³-hybridized carbons (Fsp3) is 0.286. The van der Waals surface area contributed by atoms with Crippen LogP contribution in [0.25, 0.3) is 4.96 Å². The fourth-order valence-electron chi connectivity index (χ4n) is 2.22. The highest BCUT2D eigenvalue weighted by atomic mass is 32.2. The Morgan fingerprint density at radius 3 is 2.77 bits per heavy atom. The zero-order valence-electron chi connectivity index (χ0n) is 12.5. The number of nitrogens with zero attached hydrogens (tertiary/aromatic N) is 3. The number of benzene rings is 1. The summed E-state index contributed by atoms with van der Waals surface area (Å²) in [6.45, 7) is 5.77. The molecule has 0 spiro atoms. The summed E-state index contributed by atoms with van der Waals surface area (Å²) in [6, 6.07) is 6.83. The molecule has 0 bridgehead atoms. The van der Waals surface area contributed by atoms with Gasteiger partial charge in [-0.3, -0.25) is 0 Å². The Balaban J connectivity index is 1.88. The van der Waals surface area contributed by atoms with E-state index in [1.165, 1.54) is 11.3 Å². The van der Waals surface area contributed by atoms with Crippen LogP contribution in [0.2, 0.25) is 0 Å². The maximum Gasteiger partial charge on any atom is 0.240 e. The molecule has 116 valence electrons. The van der Waals surface area contributed by atoms with E-state index in [9.17, 15) is 8.42 Å². The Hall–Kier alpha value is -1.77. The first kappa shape index (κ1) is 15.1. The minimum atomic E-state index is -3.55. The van der Waals surface area contributed by atoms with Crippen molar-refractivity contribution in [2.24, 2.45) is 0 Å². The van der Waals surface area contributed by atoms with E-state index in [1.54, 1.807) is 22.7 Å². The molecule has 0 fully saturated rings. The zero-order chi connectivity index (χ0) is 15.9. The lowest BCUT2D eigenvalue weighted by molar-refractivity contribution is 0.579. The minimum Gasteiger partial charge on any atom is -0.223 e. The first-order valence-electron chi connectivity index (χ1n) is 6.75. The molecule has 0 amide bonds. The van der Waals surface area contributed by atoms with Gasteiger partial charge in [-0.25, -0.2) is 22.6 Å². The van der Waals surface area contributed by atoms with Gasteiger partial charge in [-0.15, -0.1) is 0 Å². The highest BCUT2D eigenvalue weighted by Gasteiger charge is 2.18. The molecule has 0 aliphatic rings. The van der Waals surface area contributed by atoms with Crippen molar-refractivity contribution in [3.05, 3.63) is 46.2 Å². The van der Waals surface area contributed by atoms with Crippen LogP contribution >= 0.6 is 11.3 Å². The van der Waals surface area contributed by atoms with E-state index < -0.39 is 10.0 Å².